The Hall–Kier alpha value is -6.24. The molecule has 36 heteroatoms. The van der Waals surface area contributed by atoms with Crippen molar-refractivity contribution >= 4 is 74.2 Å². The average molecular weight is 1780 g/mol. The molecule has 33 nitrogen and oxygen atoms in total. The number of urea groups is 3. The first-order valence-corrected chi connectivity index (χ1v) is 46.4. The molecule has 13 aliphatic rings. The van der Waals surface area contributed by atoms with Crippen molar-refractivity contribution in [3.63, 3.8) is 0 Å². The van der Waals surface area contributed by atoms with Crippen molar-refractivity contribution < 1.29 is 121 Å². The fourth-order valence-corrected chi connectivity index (χ4v) is 18.6. The molecule has 0 aromatic carbocycles. The van der Waals surface area contributed by atoms with Crippen LogP contribution in [0.5, 0.6) is 0 Å². The van der Waals surface area contributed by atoms with Gasteiger partial charge in [0, 0.05) is 147 Å². The van der Waals surface area contributed by atoms with E-state index >= 15 is 0 Å². The molecule has 5 saturated carbocycles. The maximum absolute atomic E-state index is 13.0. The number of nitrogens with two attached hydrogens (primary N) is 3. The quantitative estimate of drug-likeness (QED) is 0.0598. The van der Waals surface area contributed by atoms with E-state index in [1.54, 1.807) is 14.7 Å². The summed E-state index contributed by atoms with van der Waals surface area (Å²) in [6.07, 6.45) is 31.6. The van der Waals surface area contributed by atoms with E-state index in [0.29, 0.717) is 119 Å². The first-order valence-electron chi connectivity index (χ1n) is 47.1. The zero-order valence-electron chi connectivity index (χ0n) is 80.5. The molecule has 0 aromatic heterocycles. The van der Waals surface area contributed by atoms with E-state index in [9.17, 15) is 57.1 Å². The van der Waals surface area contributed by atoms with Gasteiger partial charge >= 0.3 is 84.0 Å². The summed E-state index contributed by atoms with van der Waals surface area (Å²) in [5.41, 5.74) is 15.7. The Morgan fingerprint density at radius 2 is 0.736 bits per heavy atom. The predicted octanol–water partition coefficient (Wildman–Crippen LogP) is 9.28. The molecule has 0 spiro atoms. The van der Waals surface area contributed by atoms with E-state index in [1.165, 1.54) is 90.4 Å². The summed E-state index contributed by atoms with van der Waals surface area (Å²) in [6, 6.07) is 5.90. The van der Waals surface area contributed by atoms with E-state index in [0.717, 1.165) is 149 Å². The second-order valence-corrected chi connectivity index (χ2v) is 38.8. The molecule has 8 aliphatic heterocycles. The summed E-state index contributed by atoms with van der Waals surface area (Å²) in [6.45, 7) is 39.3. The minimum absolute atomic E-state index is 0. The summed E-state index contributed by atoms with van der Waals surface area (Å²) in [5, 5.41) is 10.3. The van der Waals surface area contributed by atoms with Crippen LogP contribution in [0.2, 0.25) is 0 Å². The molecule has 8 heterocycles. The summed E-state index contributed by atoms with van der Waals surface area (Å²) >= 11 is 0. The van der Waals surface area contributed by atoms with Gasteiger partial charge in [0.05, 0.1) is 44.8 Å². The largest absolute Gasteiger partial charge is 1.00 e. The Morgan fingerprint density at radius 1 is 0.432 bits per heavy atom. The number of likely N-dealkylation sites (tertiary alicyclic amines) is 4. The monoisotopic (exact) mass is 1780 g/mol. The molecule has 10 amide bonds. The number of ether oxygens (including phenoxy) is 4. The predicted molar refractivity (Wildman–Crippen MR) is 474 cm³/mol. The number of nitrogens with one attached hydrogen (secondary N) is 3. The molecule has 9 N–H and O–H groups in total. The van der Waals surface area contributed by atoms with E-state index in [-0.39, 0.29) is 95.9 Å². The zero-order chi connectivity index (χ0) is 93.1. The van der Waals surface area contributed by atoms with Gasteiger partial charge in [0.2, 0.25) is 5.97 Å². The molecule has 711 valence electrons. The van der Waals surface area contributed by atoms with Gasteiger partial charge in [0.25, 0.3) is 0 Å². The second-order valence-electron chi connectivity index (χ2n) is 38.8. The molecule has 13 fully saturated rings. The number of fused-ring (bicyclic) bond motifs is 3. The third-order valence-electron chi connectivity index (χ3n) is 24.6. The van der Waals surface area contributed by atoms with Gasteiger partial charge in [-0.05, 0) is 226 Å². The van der Waals surface area contributed by atoms with Crippen LogP contribution >= 0.6 is 0 Å². The van der Waals surface area contributed by atoms with Crippen LogP contribution in [-0.2, 0) is 52.6 Å². The normalized spacial score (nSPS) is 26.2. The van der Waals surface area contributed by atoms with E-state index in [4.69, 9.17) is 37.5 Å². The molecule has 10 atom stereocenters. The Balaban J connectivity index is 0.000000311. The number of carbonyl (C=O) groups excluding carboxylic acids is 11. The number of rotatable bonds is 7. The number of piperidine rings is 5. The molecular formula is C89H161BFN15NaO18. The summed E-state index contributed by atoms with van der Waals surface area (Å²) in [5.74, 6) is -1.52. The maximum atomic E-state index is 13.0. The SMILES string of the molecule is CC(=O)OOC(C)=O.CC(C)(C)OC(=O)N1CCC(=O)CC1.CC(C)(C)OC(=O)N1CCC(N2C(=O)NC3CCCC[C@@H]32)CC1.CC(C)(C)OC(=O)N1CCC(N[C@H]2CCCC[C@H]2N)CC1.CCN1C(=O)N(C2CCN(C(=O)OC(C)(C)C)CC2)[C@H]2CCCCC21.CCN1C(=O)N(C2CCNCC2)[C@H]2CCCCC21.N[C@@H]1CCCC[C@@H]1N.[2H]CF.[B-]OC(C)=O.[Na+]. The number of carbonyl (C=O) groups is 11. The number of hydrogen-bond acceptors (Lipinski definition) is 23. The number of Topliss-reactive ketones (excluding diaryl/α,β-unsaturated/α-hetero) is 1. The zero-order valence-corrected chi connectivity index (χ0v) is 81.5. The Morgan fingerprint density at radius 3 is 1.07 bits per heavy atom. The van der Waals surface area contributed by atoms with E-state index in [1.807, 2.05) is 88.0 Å². The third-order valence-corrected chi connectivity index (χ3v) is 24.6. The molecule has 0 bridgehead atoms. The smallest absolute Gasteiger partial charge is 0.793 e. The van der Waals surface area contributed by atoms with Crippen LogP contribution in [0, 0.1) is 0 Å². The van der Waals surface area contributed by atoms with Gasteiger partial charge in [0.15, 0.2) is 0 Å². The Bertz CT molecular complexity index is 3300. The Kier molecular flexibility index (Phi) is 47.6. The Labute approximate surface area is 771 Å². The third kappa shape index (κ3) is 38.0. The number of alkyl halides is 1. The summed E-state index contributed by atoms with van der Waals surface area (Å²) < 4.78 is 40.6. The van der Waals surface area contributed by atoms with Crippen molar-refractivity contribution in [2.24, 2.45) is 17.2 Å². The van der Waals surface area contributed by atoms with E-state index in [2.05, 4.69) is 76.8 Å². The van der Waals surface area contributed by atoms with Crippen molar-refractivity contribution in [3.05, 3.63) is 0 Å². The summed E-state index contributed by atoms with van der Waals surface area (Å²) in [7, 11) is 3.32. The first-order chi connectivity index (χ1) is 58.8. The van der Waals surface area contributed by atoms with Gasteiger partial charge in [-0.15, -0.1) is 0 Å². The standard InChI is InChI=1S/C19H33N3O3.C17H29N3O3.C16H31N3O2.C14H25N3O.C10H17NO3.C6H14N2.C4H6O4.C2H3BO2.CH3F.Na/c1-5-21-15-8-6-7-9-16(15)22(17(21)23)14-10-12-20(13-11-14)18(24)25-19(2,3)4;1-17(2,3)23-16(22)19-10-8-12(9-11-19)20-14-7-5-4-6-13(14)18-15(20)21;1-16(2,3)21-15(20)19-10-8-12(9-11-19)18-14-7-5-4-6-13(14)17;1-2-16-12-5-3-4-6-13(12)17(14(16)18)11-7-9-15-10-8-11;1-10(2,3)14-9(13)11-6-4-8(12)5-7-11;7-5-3-1-2-4-6(5)8;1-3(5)7-8-4(2)6;1-2(4)5-3;1-2;/h14-16H,5-13H2,1-4H3;12-14H,4-11H2,1-3H3,(H,18,21);12-14,18H,4-11,17H2,1-3H3;11-13,15H,2-10H2,1H3;4-7H2,1-3H3;5-6H,1-4,7-8H2;1-2H3;1H3;1H3;/q;;;;;;;-1;;+1/t15?,16-;13?,14-;13-,14+;12?,13-;;5-,6+;;;;/m0010....../s1/i;;;;;;;;1D;. The fraction of sp³-hybridized carbons (Fsp3) is 0.876. The second kappa shape index (κ2) is 54.4. The van der Waals surface area contributed by atoms with Gasteiger partial charge in [-0.2, -0.15) is 0 Å². The maximum Gasteiger partial charge on any atom is 1.00 e. The molecule has 5 aliphatic carbocycles. The number of ketones is 1. The molecule has 125 heavy (non-hydrogen) atoms. The van der Waals surface area contributed by atoms with Crippen LogP contribution in [0.1, 0.15) is 312 Å². The molecule has 3 radical (unpaired) electrons. The number of halogens is 1. The van der Waals surface area contributed by atoms with Crippen LogP contribution in [0.3, 0.4) is 0 Å². The van der Waals surface area contributed by atoms with Gasteiger partial charge in [-0.3, -0.25) is 14.0 Å². The van der Waals surface area contributed by atoms with Crippen molar-refractivity contribution in [2.75, 3.05) is 85.7 Å². The molecule has 13 rings (SSSR count). The van der Waals surface area contributed by atoms with Crippen molar-refractivity contribution in [2.45, 2.75) is 417 Å². The average Bonchev–Trinajstić information content (AvgIpc) is 1.61. The van der Waals surface area contributed by atoms with Crippen LogP contribution < -0.4 is 62.7 Å². The van der Waals surface area contributed by atoms with Gasteiger partial charge < -0.3 is 109 Å². The summed E-state index contributed by atoms with van der Waals surface area (Å²) in [4.78, 5) is 151. The van der Waals surface area contributed by atoms with Crippen molar-refractivity contribution in [1.29, 1.82) is 0 Å². The number of amides is 10. The van der Waals surface area contributed by atoms with Gasteiger partial charge in [-0.25, -0.2) is 52.9 Å². The van der Waals surface area contributed by atoms with E-state index < -0.39 is 47.5 Å². The minimum Gasteiger partial charge on any atom is -0.793 e. The number of likely N-dealkylation sites (N-methyl/N-ethyl adjacent to an activating group) is 2. The van der Waals surface area contributed by atoms with Gasteiger partial charge in [-0.1, -0.05) is 64.2 Å². The molecule has 8 saturated heterocycles. The number of nitrogens with zero attached hydrogens (tertiary/aromatic N) is 9. The molecule has 0 aromatic rings. The van der Waals surface area contributed by atoms with Crippen LogP contribution in [0.25, 0.3) is 0 Å². The topological polar surface area (TPSA) is 396 Å². The van der Waals surface area contributed by atoms with Crippen molar-refractivity contribution in [3.8, 4) is 0 Å². The van der Waals surface area contributed by atoms with Crippen LogP contribution in [0.4, 0.5) is 38.0 Å². The van der Waals surface area contributed by atoms with Crippen molar-refractivity contribution in [1.82, 2.24) is 60.0 Å². The molecular weight excluding hydrogens is 1620 g/mol. The number of hydrogen-bond donors (Lipinski definition) is 6. The minimum atomic E-state index is -1.00. The van der Waals surface area contributed by atoms with Crippen LogP contribution in [-0.4, -0.2) is 311 Å². The van der Waals surface area contributed by atoms with Crippen LogP contribution in [0.15, 0.2) is 0 Å². The van der Waals surface area contributed by atoms with Gasteiger partial charge in [0.1, 0.15) is 28.2 Å². The first kappa shape index (κ1) is 109. The fourth-order valence-electron chi connectivity index (χ4n) is 18.6. The molecule has 3 unspecified atom stereocenters.